The van der Waals surface area contributed by atoms with Crippen LogP contribution >= 0.6 is 0 Å². The highest BCUT2D eigenvalue weighted by Crippen LogP contribution is 2.29. The average molecular weight is 333 g/mol. The standard InChI is InChI=1S/C19H11NO5/c21-16(8-6-13-7-10-19(24-13)20(22)23)12-5-9-18-15(11-12)14-3-1-2-4-17(14)25-18/h1-11H. The first-order chi connectivity index (χ1) is 12.1. The van der Waals surface area contributed by atoms with Crippen LogP contribution in [0.25, 0.3) is 28.0 Å². The number of benzene rings is 2. The van der Waals surface area contributed by atoms with Gasteiger partial charge in [0, 0.05) is 16.3 Å². The molecule has 2 aromatic carbocycles. The second kappa shape index (κ2) is 5.76. The Morgan fingerprint density at radius 2 is 1.76 bits per heavy atom. The van der Waals surface area contributed by atoms with Crippen LogP contribution in [0.3, 0.4) is 0 Å². The third-order valence-electron chi connectivity index (χ3n) is 3.85. The molecule has 0 aliphatic heterocycles. The highest BCUT2D eigenvalue weighted by atomic mass is 16.6. The van der Waals surface area contributed by atoms with E-state index in [0.29, 0.717) is 11.1 Å². The van der Waals surface area contributed by atoms with Gasteiger partial charge in [0.2, 0.25) is 0 Å². The molecule has 0 N–H and O–H groups in total. The molecule has 0 radical (unpaired) electrons. The SMILES string of the molecule is O=C(C=Cc1ccc([N+](=O)[O-])o1)c1ccc2oc3ccccc3c2c1. The van der Waals surface area contributed by atoms with Gasteiger partial charge in [0.15, 0.2) is 5.78 Å². The summed E-state index contributed by atoms with van der Waals surface area (Å²) in [6.07, 6.45) is 2.74. The molecule has 0 atom stereocenters. The summed E-state index contributed by atoms with van der Waals surface area (Å²) in [7, 11) is 0. The van der Waals surface area contributed by atoms with Crippen molar-refractivity contribution >= 4 is 39.7 Å². The Morgan fingerprint density at radius 3 is 2.56 bits per heavy atom. The second-order valence-electron chi connectivity index (χ2n) is 5.44. The summed E-state index contributed by atoms with van der Waals surface area (Å²) in [5, 5.41) is 12.4. The number of nitro groups is 1. The number of carbonyl (C=O) groups is 1. The van der Waals surface area contributed by atoms with Crippen LogP contribution in [0.15, 0.2) is 69.5 Å². The Balaban J connectivity index is 1.66. The molecule has 4 rings (SSSR count). The van der Waals surface area contributed by atoms with Crippen molar-refractivity contribution < 1.29 is 18.6 Å². The summed E-state index contributed by atoms with van der Waals surface area (Å²) in [6, 6.07) is 15.5. The van der Waals surface area contributed by atoms with Crippen LogP contribution in [0.5, 0.6) is 0 Å². The number of para-hydroxylation sites is 1. The summed E-state index contributed by atoms with van der Waals surface area (Å²) < 4.78 is 10.7. The molecule has 0 unspecified atom stereocenters. The van der Waals surface area contributed by atoms with Gasteiger partial charge in [-0.15, -0.1) is 0 Å². The molecule has 25 heavy (non-hydrogen) atoms. The summed E-state index contributed by atoms with van der Waals surface area (Å²) in [5.41, 5.74) is 1.97. The molecule has 4 aromatic rings. The number of hydrogen-bond donors (Lipinski definition) is 0. The van der Waals surface area contributed by atoms with E-state index in [9.17, 15) is 14.9 Å². The molecule has 0 fully saturated rings. The number of nitrogens with zero attached hydrogens (tertiary/aromatic N) is 1. The summed E-state index contributed by atoms with van der Waals surface area (Å²) in [4.78, 5) is 22.3. The van der Waals surface area contributed by atoms with Crippen LogP contribution in [-0.2, 0) is 0 Å². The quantitative estimate of drug-likeness (QED) is 0.227. The summed E-state index contributed by atoms with van der Waals surface area (Å²) in [6.45, 7) is 0. The molecule has 0 saturated heterocycles. The van der Waals surface area contributed by atoms with Gasteiger partial charge in [-0.05, 0) is 42.5 Å². The molecule has 122 valence electrons. The Hall–Kier alpha value is -3.67. The molecule has 0 saturated carbocycles. The fourth-order valence-corrected chi connectivity index (χ4v) is 2.66. The van der Waals surface area contributed by atoms with Gasteiger partial charge in [-0.25, -0.2) is 0 Å². The minimum absolute atomic E-state index is 0.230. The largest absolute Gasteiger partial charge is 0.456 e. The zero-order chi connectivity index (χ0) is 17.4. The Bertz CT molecular complexity index is 1150. The van der Waals surface area contributed by atoms with Crippen molar-refractivity contribution in [2.24, 2.45) is 0 Å². The number of furan rings is 2. The van der Waals surface area contributed by atoms with Crippen molar-refractivity contribution in [2.45, 2.75) is 0 Å². The van der Waals surface area contributed by atoms with E-state index in [-0.39, 0.29) is 17.4 Å². The van der Waals surface area contributed by atoms with Gasteiger partial charge in [0.05, 0.1) is 6.07 Å². The molecule has 0 amide bonds. The molecule has 2 aromatic heterocycles. The van der Waals surface area contributed by atoms with Crippen LogP contribution < -0.4 is 0 Å². The molecule has 0 aliphatic carbocycles. The molecule has 2 heterocycles. The van der Waals surface area contributed by atoms with Gasteiger partial charge in [0.1, 0.15) is 21.8 Å². The fourth-order valence-electron chi connectivity index (χ4n) is 2.66. The lowest BCUT2D eigenvalue weighted by Gasteiger charge is -1.96. The van der Waals surface area contributed by atoms with E-state index in [1.54, 1.807) is 18.2 Å². The minimum Gasteiger partial charge on any atom is -0.456 e. The number of carbonyl (C=O) groups excluding carboxylic acids is 1. The first kappa shape index (κ1) is 14.9. The predicted octanol–water partition coefficient (Wildman–Crippen LogP) is 4.98. The Kier molecular flexibility index (Phi) is 3.43. The van der Waals surface area contributed by atoms with Gasteiger partial charge < -0.3 is 8.83 Å². The highest BCUT2D eigenvalue weighted by Gasteiger charge is 2.12. The maximum atomic E-state index is 12.4. The van der Waals surface area contributed by atoms with Crippen molar-refractivity contribution in [1.29, 1.82) is 0 Å². The average Bonchev–Trinajstić information content (AvgIpc) is 3.23. The monoisotopic (exact) mass is 333 g/mol. The number of hydrogen-bond acceptors (Lipinski definition) is 5. The smallest absolute Gasteiger partial charge is 0.433 e. The van der Waals surface area contributed by atoms with E-state index in [1.807, 2.05) is 24.3 Å². The van der Waals surface area contributed by atoms with Crippen molar-refractivity contribution in [2.75, 3.05) is 0 Å². The van der Waals surface area contributed by atoms with Crippen molar-refractivity contribution in [1.82, 2.24) is 0 Å². The molecular formula is C19H11NO5. The number of fused-ring (bicyclic) bond motifs is 3. The van der Waals surface area contributed by atoms with Gasteiger partial charge >= 0.3 is 5.88 Å². The van der Waals surface area contributed by atoms with Crippen LogP contribution in [0.4, 0.5) is 5.88 Å². The van der Waals surface area contributed by atoms with E-state index < -0.39 is 4.92 Å². The van der Waals surface area contributed by atoms with Gasteiger partial charge in [-0.1, -0.05) is 18.2 Å². The third kappa shape index (κ3) is 2.70. The first-order valence-corrected chi connectivity index (χ1v) is 7.50. The van der Waals surface area contributed by atoms with Gasteiger partial charge in [-0.2, -0.15) is 0 Å². The summed E-state index contributed by atoms with van der Waals surface area (Å²) in [5.74, 6) is -0.348. The lowest BCUT2D eigenvalue weighted by atomic mass is 10.1. The van der Waals surface area contributed by atoms with Gasteiger partial charge in [-0.3, -0.25) is 14.9 Å². The Morgan fingerprint density at radius 1 is 0.960 bits per heavy atom. The topological polar surface area (TPSA) is 86.5 Å². The molecular weight excluding hydrogens is 322 g/mol. The van der Waals surface area contributed by atoms with E-state index in [4.69, 9.17) is 8.83 Å². The maximum Gasteiger partial charge on any atom is 0.433 e. The van der Waals surface area contributed by atoms with E-state index in [2.05, 4.69) is 0 Å². The van der Waals surface area contributed by atoms with E-state index >= 15 is 0 Å². The zero-order valence-electron chi connectivity index (χ0n) is 12.8. The van der Waals surface area contributed by atoms with E-state index in [1.165, 1.54) is 24.3 Å². The predicted molar refractivity (Wildman–Crippen MR) is 92.4 cm³/mol. The lowest BCUT2D eigenvalue weighted by Crippen LogP contribution is -1.93. The molecule has 6 heteroatoms. The zero-order valence-corrected chi connectivity index (χ0v) is 12.8. The van der Waals surface area contributed by atoms with Gasteiger partial charge in [0.25, 0.3) is 0 Å². The van der Waals surface area contributed by atoms with Crippen molar-refractivity contribution in [3.8, 4) is 0 Å². The first-order valence-electron chi connectivity index (χ1n) is 7.50. The fraction of sp³-hybridized carbons (Fsp3) is 0. The number of rotatable bonds is 4. The van der Waals surface area contributed by atoms with Crippen molar-refractivity contribution in [3.05, 3.63) is 82.1 Å². The molecule has 0 aliphatic rings. The lowest BCUT2D eigenvalue weighted by molar-refractivity contribution is -0.402. The van der Waals surface area contributed by atoms with Crippen LogP contribution in [0, 0.1) is 10.1 Å². The third-order valence-corrected chi connectivity index (χ3v) is 3.85. The maximum absolute atomic E-state index is 12.4. The van der Waals surface area contributed by atoms with Crippen molar-refractivity contribution in [3.63, 3.8) is 0 Å². The van der Waals surface area contributed by atoms with Crippen LogP contribution in [0.1, 0.15) is 16.1 Å². The van der Waals surface area contributed by atoms with E-state index in [0.717, 1.165) is 16.4 Å². The summed E-state index contributed by atoms with van der Waals surface area (Å²) >= 11 is 0. The number of ketones is 1. The molecule has 0 bridgehead atoms. The van der Waals surface area contributed by atoms with Crippen LogP contribution in [0.2, 0.25) is 0 Å². The number of allylic oxidation sites excluding steroid dienone is 1. The second-order valence-corrected chi connectivity index (χ2v) is 5.44. The molecule has 6 nitrogen and oxygen atoms in total. The highest BCUT2D eigenvalue weighted by molar-refractivity contribution is 6.12. The van der Waals surface area contributed by atoms with Crippen LogP contribution in [-0.4, -0.2) is 10.7 Å². The molecule has 0 spiro atoms. The Labute approximate surface area is 141 Å². The minimum atomic E-state index is -0.628. The normalized spacial score (nSPS) is 11.5.